The van der Waals surface area contributed by atoms with Gasteiger partial charge >= 0.3 is 0 Å². The Bertz CT molecular complexity index is 1330. The average Bonchev–Trinajstić information content (AvgIpc) is 3.37. The van der Waals surface area contributed by atoms with Gasteiger partial charge in [0.05, 0.1) is 5.52 Å². The topological polar surface area (TPSA) is 83.4 Å². The molecule has 0 saturated carbocycles. The van der Waals surface area contributed by atoms with E-state index in [0.717, 1.165) is 22.3 Å². The maximum Gasteiger partial charge on any atom is 0.255 e. The highest BCUT2D eigenvalue weighted by Crippen LogP contribution is 2.35. The number of carbonyl (C=O) groups is 2. The molecule has 0 aliphatic carbocycles. The molecule has 1 aliphatic rings. The highest BCUT2D eigenvalue weighted by Gasteiger charge is 2.40. The molecule has 0 spiro atoms. The minimum atomic E-state index is -0.711. The molecule has 0 fully saturated rings. The molecule has 5 rings (SSSR count). The van der Waals surface area contributed by atoms with Crippen molar-refractivity contribution in [3.8, 4) is 0 Å². The molecule has 0 bridgehead atoms. The van der Waals surface area contributed by atoms with Crippen LogP contribution in [0.2, 0.25) is 0 Å². The van der Waals surface area contributed by atoms with E-state index in [1.54, 1.807) is 15.6 Å². The van der Waals surface area contributed by atoms with Gasteiger partial charge in [-0.05, 0) is 41.5 Å². The predicted octanol–water partition coefficient (Wildman–Crippen LogP) is 2.97. The van der Waals surface area contributed by atoms with Gasteiger partial charge < -0.3 is 15.1 Å². The molecule has 2 amide bonds. The number of para-hydroxylation sites is 1. The fourth-order valence-corrected chi connectivity index (χ4v) is 4.20. The van der Waals surface area contributed by atoms with Gasteiger partial charge in [0, 0.05) is 31.9 Å². The first-order valence-electron chi connectivity index (χ1n) is 10.7. The highest BCUT2D eigenvalue weighted by molar-refractivity contribution is 6.04. The summed E-state index contributed by atoms with van der Waals surface area (Å²) in [5, 5.41) is 11.2. The first-order valence-corrected chi connectivity index (χ1v) is 10.7. The Kier molecular flexibility index (Phi) is 5.26. The SMILES string of the molecule is CN(C)c1ccc(CN2C(=O)c3ccccc3C2C(=O)NCn2nnc3ccccc32)cc1. The third-order valence-electron chi connectivity index (χ3n) is 5.94. The van der Waals surface area contributed by atoms with Crippen LogP contribution in [0, 0.1) is 0 Å². The summed E-state index contributed by atoms with van der Waals surface area (Å²) in [7, 11) is 3.96. The molecule has 166 valence electrons. The lowest BCUT2D eigenvalue weighted by atomic mass is 10.0. The van der Waals surface area contributed by atoms with Crippen LogP contribution in [-0.2, 0) is 18.0 Å². The molecule has 33 heavy (non-hydrogen) atoms. The summed E-state index contributed by atoms with van der Waals surface area (Å²) in [6.45, 7) is 0.503. The van der Waals surface area contributed by atoms with Crippen LogP contribution in [0.1, 0.15) is 27.5 Å². The number of hydrogen-bond donors (Lipinski definition) is 1. The predicted molar refractivity (Wildman–Crippen MR) is 125 cm³/mol. The fourth-order valence-electron chi connectivity index (χ4n) is 4.20. The van der Waals surface area contributed by atoms with Crippen molar-refractivity contribution in [3.63, 3.8) is 0 Å². The van der Waals surface area contributed by atoms with Crippen molar-refractivity contribution in [1.29, 1.82) is 0 Å². The number of carbonyl (C=O) groups excluding carboxylic acids is 2. The number of fused-ring (bicyclic) bond motifs is 2. The molecule has 2 heterocycles. The van der Waals surface area contributed by atoms with E-state index < -0.39 is 6.04 Å². The molecule has 1 aromatic heterocycles. The van der Waals surface area contributed by atoms with Gasteiger partial charge in [0.2, 0.25) is 5.91 Å². The van der Waals surface area contributed by atoms with Crippen molar-refractivity contribution in [2.75, 3.05) is 19.0 Å². The van der Waals surface area contributed by atoms with Gasteiger partial charge in [-0.25, -0.2) is 4.68 Å². The second kappa shape index (κ2) is 8.38. The van der Waals surface area contributed by atoms with Crippen molar-refractivity contribution in [3.05, 3.63) is 89.5 Å². The molecule has 0 saturated heterocycles. The molecule has 8 heteroatoms. The fraction of sp³-hybridized carbons (Fsp3) is 0.200. The number of nitrogens with zero attached hydrogens (tertiary/aromatic N) is 5. The van der Waals surface area contributed by atoms with Gasteiger partial charge in [0.25, 0.3) is 5.91 Å². The Hall–Kier alpha value is -4.20. The summed E-state index contributed by atoms with van der Waals surface area (Å²) in [6, 6.07) is 22.1. The van der Waals surface area contributed by atoms with Crippen molar-refractivity contribution < 1.29 is 9.59 Å². The zero-order valence-electron chi connectivity index (χ0n) is 18.5. The zero-order valence-corrected chi connectivity index (χ0v) is 18.5. The van der Waals surface area contributed by atoms with Crippen molar-refractivity contribution in [2.24, 2.45) is 0 Å². The average molecular weight is 441 g/mol. The maximum absolute atomic E-state index is 13.4. The summed E-state index contributed by atoms with van der Waals surface area (Å²) in [5.41, 5.74) is 4.91. The minimum Gasteiger partial charge on any atom is -0.378 e. The van der Waals surface area contributed by atoms with Gasteiger partial charge in [-0.1, -0.05) is 47.7 Å². The smallest absolute Gasteiger partial charge is 0.255 e. The second-order valence-electron chi connectivity index (χ2n) is 8.26. The Morgan fingerprint density at radius 1 is 1.00 bits per heavy atom. The van der Waals surface area contributed by atoms with Crippen LogP contribution >= 0.6 is 0 Å². The van der Waals surface area contributed by atoms with Crippen LogP contribution in [0.15, 0.2) is 72.8 Å². The molecule has 1 aliphatic heterocycles. The molecule has 1 atom stereocenters. The lowest BCUT2D eigenvalue weighted by Crippen LogP contribution is -2.39. The molecule has 1 unspecified atom stereocenters. The number of rotatable bonds is 6. The van der Waals surface area contributed by atoms with Gasteiger partial charge in [0.15, 0.2) is 0 Å². The molecule has 1 N–H and O–H groups in total. The van der Waals surface area contributed by atoms with Crippen molar-refractivity contribution in [2.45, 2.75) is 19.3 Å². The molecule has 4 aromatic rings. The monoisotopic (exact) mass is 440 g/mol. The van der Waals surface area contributed by atoms with Gasteiger partial charge in [-0.3, -0.25) is 9.59 Å². The van der Waals surface area contributed by atoms with E-state index in [2.05, 4.69) is 15.6 Å². The number of hydrogen-bond acceptors (Lipinski definition) is 5. The van der Waals surface area contributed by atoms with Gasteiger partial charge in [-0.15, -0.1) is 5.10 Å². The van der Waals surface area contributed by atoms with E-state index in [4.69, 9.17) is 0 Å². The summed E-state index contributed by atoms with van der Waals surface area (Å²) < 4.78 is 1.64. The second-order valence-corrected chi connectivity index (χ2v) is 8.26. The molecular weight excluding hydrogens is 416 g/mol. The molecule has 0 radical (unpaired) electrons. The quantitative estimate of drug-likeness (QED) is 0.498. The molecular formula is C25H24N6O2. The first-order chi connectivity index (χ1) is 16.0. The van der Waals surface area contributed by atoms with Crippen LogP contribution < -0.4 is 10.2 Å². The minimum absolute atomic E-state index is 0.145. The maximum atomic E-state index is 13.4. The Morgan fingerprint density at radius 2 is 1.73 bits per heavy atom. The summed E-state index contributed by atoms with van der Waals surface area (Å²) in [6.07, 6.45) is 0. The van der Waals surface area contributed by atoms with E-state index in [1.165, 1.54) is 0 Å². The van der Waals surface area contributed by atoms with Gasteiger partial charge in [0.1, 0.15) is 18.2 Å². The van der Waals surface area contributed by atoms with E-state index in [9.17, 15) is 9.59 Å². The number of anilines is 1. The number of nitrogens with one attached hydrogen (secondary N) is 1. The summed E-state index contributed by atoms with van der Waals surface area (Å²) in [4.78, 5) is 30.2. The van der Waals surface area contributed by atoms with Gasteiger partial charge in [-0.2, -0.15) is 0 Å². The highest BCUT2D eigenvalue weighted by atomic mass is 16.2. The molecule has 3 aromatic carbocycles. The third kappa shape index (κ3) is 3.80. The first kappa shape index (κ1) is 20.7. The standard InChI is InChI=1S/C25H24N6O2/c1-29(2)18-13-11-17(12-14-18)15-30-23(19-7-3-4-8-20(19)25(30)33)24(32)26-16-31-22-10-6-5-9-21(22)27-28-31/h3-14,23H,15-16H2,1-2H3,(H,26,32). The Morgan fingerprint density at radius 3 is 2.52 bits per heavy atom. The van der Waals surface area contributed by atoms with Crippen LogP contribution in [0.4, 0.5) is 5.69 Å². The van der Waals surface area contributed by atoms with Crippen molar-refractivity contribution in [1.82, 2.24) is 25.2 Å². The van der Waals surface area contributed by atoms with E-state index in [1.807, 2.05) is 85.7 Å². The number of amides is 2. The lowest BCUT2D eigenvalue weighted by molar-refractivity contribution is -0.126. The van der Waals surface area contributed by atoms with Crippen LogP contribution in [0.5, 0.6) is 0 Å². The zero-order chi connectivity index (χ0) is 22.9. The summed E-state index contributed by atoms with van der Waals surface area (Å²) in [5.74, 6) is -0.397. The Balaban J connectivity index is 1.39. The van der Waals surface area contributed by atoms with Crippen LogP contribution in [-0.4, -0.2) is 45.8 Å². The third-order valence-corrected chi connectivity index (χ3v) is 5.94. The van der Waals surface area contributed by atoms with E-state index >= 15 is 0 Å². The number of benzene rings is 3. The molecule has 8 nitrogen and oxygen atoms in total. The van der Waals surface area contributed by atoms with Crippen LogP contribution in [0.25, 0.3) is 11.0 Å². The van der Waals surface area contributed by atoms with Crippen LogP contribution in [0.3, 0.4) is 0 Å². The Labute approximate surface area is 191 Å². The summed E-state index contributed by atoms with van der Waals surface area (Å²) >= 11 is 0. The largest absolute Gasteiger partial charge is 0.378 e. The lowest BCUT2D eigenvalue weighted by Gasteiger charge is -2.25. The van der Waals surface area contributed by atoms with E-state index in [-0.39, 0.29) is 18.5 Å². The van der Waals surface area contributed by atoms with E-state index in [0.29, 0.717) is 17.7 Å². The van der Waals surface area contributed by atoms with Crippen molar-refractivity contribution >= 4 is 28.5 Å². The number of aromatic nitrogens is 3. The normalized spacial score (nSPS) is 15.0.